The van der Waals surface area contributed by atoms with Crippen molar-refractivity contribution < 1.29 is 14.3 Å². The van der Waals surface area contributed by atoms with Gasteiger partial charge in [-0.05, 0) is 31.4 Å². The first-order chi connectivity index (χ1) is 15.7. The summed E-state index contributed by atoms with van der Waals surface area (Å²) >= 11 is 1.42. The monoisotopic (exact) mass is 456 g/mol. The molecule has 3 saturated heterocycles. The van der Waals surface area contributed by atoms with Crippen LogP contribution in [-0.2, 0) is 9.59 Å². The van der Waals surface area contributed by atoms with Crippen LogP contribution in [0.5, 0.6) is 5.75 Å². The number of benzene rings is 1. The Balaban J connectivity index is 1.24. The Labute approximate surface area is 191 Å². The summed E-state index contributed by atoms with van der Waals surface area (Å²) in [5.41, 5.74) is 1.07. The van der Waals surface area contributed by atoms with Gasteiger partial charge in [0.1, 0.15) is 11.8 Å². The Morgan fingerprint density at radius 1 is 1.03 bits per heavy atom. The zero-order valence-electron chi connectivity index (χ0n) is 18.3. The van der Waals surface area contributed by atoms with Gasteiger partial charge >= 0.3 is 0 Å². The predicted octanol–water partition coefficient (Wildman–Crippen LogP) is 1.99. The molecule has 5 rings (SSSR count). The third-order valence-corrected chi connectivity index (χ3v) is 7.49. The summed E-state index contributed by atoms with van der Waals surface area (Å²) < 4.78 is 5.50. The van der Waals surface area contributed by atoms with Crippen molar-refractivity contribution in [2.75, 3.05) is 61.1 Å². The molecule has 3 aliphatic heterocycles. The van der Waals surface area contributed by atoms with E-state index in [1.54, 1.807) is 12.0 Å². The van der Waals surface area contributed by atoms with Crippen LogP contribution in [0.15, 0.2) is 24.3 Å². The Morgan fingerprint density at radius 3 is 2.56 bits per heavy atom. The van der Waals surface area contributed by atoms with E-state index in [1.165, 1.54) is 11.3 Å². The third kappa shape index (κ3) is 3.87. The predicted molar refractivity (Wildman–Crippen MR) is 124 cm³/mol. The molecule has 0 bridgehead atoms. The van der Waals surface area contributed by atoms with E-state index in [1.807, 2.05) is 23.1 Å². The highest BCUT2D eigenvalue weighted by molar-refractivity contribution is 7.19. The number of para-hydroxylation sites is 2. The first-order valence-corrected chi connectivity index (χ1v) is 12.0. The lowest BCUT2D eigenvalue weighted by molar-refractivity contribution is -0.132. The second-order valence-electron chi connectivity index (χ2n) is 8.35. The molecule has 0 N–H and O–H groups in total. The molecule has 0 radical (unpaired) electrons. The molecule has 10 heteroatoms. The summed E-state index contributed by atoms with van der Waals surface area (Å²) in [6.07, 6.45) is 3.21. The highest BCUT2D eigenvalue weighted by Gasteiger charge is 2.37. The number of ether oxygens (including phenoxy) is 1. The fourth-order valence-corrected chi connectivity index (χ4v) is 5.77. The van der Waals surface area contributed by atoms with Gasteiger partial charge in [-0.1, -0.05) is 23.5 Å². The normalized spacial score (nSPS) is 21.5. The van der Waals surface area contributed by atoms with Crippen molar-refractivity contribution in [2.45, 2.75) is 31.7 Å². The summed E-state index contributed by atoms with van der Waals surface area (Å²) in [6.45, 7) is 4.42. The lowest BCUT2D eigenvalue weighted by Crippen LogP contribution is -2.54. The number of nitrogens with zero attached hydrogens (tertiary/aromatic N) is 6. The van der Waals surface area contributed by atoms with Crippen molar-refractivity contribution in [3.63, 3.8) is 0 Å². The molecular formula is C22H28N6O3S. The van der Waals surface area contributed by atoms with E-state index in [9.17, 15) is 9.59 Å². The second kappa shape index (κ2) is 8.93. The van der Waals surface area contributed by atoms with Crippen molar-refractivity contribution in [1.29, 1.82) is 0 Å². The van der Waals surface area contributed by atoms with Crippen molar-refractivity contribution >= 4 is 39.1 Å². The summed E-state index contributed by atoms with van der Waals surface area (Å²) in [5.74, 6) is 1.13. The zero-order chi connectivity index (χ0) is 22.1. The number of hydrogen-bond acceptors (Lipinski definition) is 8. The lowest BCUT2D eigenvalue weighted by Gasteiger charge is -2.38. The van der Waals surface area contributed by atoms with Crippen LogP contribution < -0.4 is 19.4 Å². The minimum atomic E-state index is -0.206. The van der Waals surface area contributed by atoms with Gasteiger partial charge in [0.25, 0.3) is 0 Å². The molecule has 1 aromatic carbocycles. The van der Waals surface area contributed by atoms with Crippen LogP contribution in [0.2, 0.25) is 0 Å². The standard InChI is InChI=1S/C22H28N6O3S/c1-31-18-8-3-2-6-16(18)25-12-14-26(15-13-25)20(30)17-7-4-10-27(17)21-23-24-22(32-21)28-11-5-9-19(28)29/h2-3,6,8,17H,4-5,7,9-15H2,1H3/t17-/m0/s1. The van der Waals surface area contributed by atoms with Crippen molar-refractivity contribution in [3.8, 4) is 5.75 Å². The fraction of sp³-hybridized carbons (Fsp3) is 0.545. The van der Waals surface area contributed by atoms with Gasteiger partial charge in [-0.15, -0.1) is 10.2 Å². The second-order valence-corrected chi connectivity index (χ2v) is 9.29. The Hall–Kier alpha value is -2.88. The lowest BCUT2D eigenvalue weighted by atomic mass is 10.1. The summed E-state index contributed by atoms with van der Waals surface area (Å²) in [4.78, 5) is 33.5. The molecule has 1 aromatic heterocycles. The van der Waals surface area contributed by atoms with Gasteiger partial charge in [-0.3, -0.25) is 14.5 Å². The van der Waals surface area contributed by atoms with Gasteiger partial charge in [0.15, 0.2) is 0 Å². The van der Waals surface area contributed by atoms with Crippen molar-refractivity contribution in [3.05, 3.63) is 24.3 Å². The van der Waals surface area contributed by atoms with Gasteiger partial charge < -0.3 is 19.4 Å². The van der Waals surface area contributed by atoms with Crippen LogP contribution >= 0.6 is 11.3 Å². The molecule has 0 saturated carbocycles. The molecular weight excluding hydrogens is 428 g/mol. The third-order valence-electron chi connectivity index (χ3n) is 6.51. The average Bonchev–Trinajstić information content (AvgIpc) is 3.59. The van der Waals surface area contributed by atoms with E-state index in [0.29, 0.717) is 31.2 Å². The smallest absolute Gasteiger partial charge is 0.245 e. The number of anilines is 3. The Morgan fingerprint density at radius 2 is 1.81 bits per heavy atom. The number of piperazine rings is 1. The average molecular weight is 457 g/mol. The number of hydrogen-bond donors (Lipinski definition) is 0. The Bertz CT molecular complexity index is 990. The highest BCUT2D eigenvalue weighted by Crippen LogP contribution is 2.34. The van der Waals surface area contributed by atoms with Crippen LogP contribution in [0.3, 0.4) is 0 Å². The van der Waals surface area contributed by atoms with Gasteiger partial charge in [0.2, 0.25) is 22.1 Å². The molecule has 0 spiro atoms. The van der Waals surface area contributed by atoms with Crippen LogP contribution in [0, 0.1) is 0 Å². The highest BCUT2D eigenvalue weighted by atomic mass is 32.1. The summed E-state index contributed by atoms with van der Waals surface area (Å²) in [6, 6.07) is 7.80. The molecule has 0 aliphatic carbocycles. The van der Waals surface area contributed by atoms with Crippen LogP contribution in [0.4, 0.5) is 16.0 Å². The number of carbonyl (C=O) groups is 2. The topological polar surface area (TPSA) is 82.1 Å². The quantitative estimate of drug-likeness (QED) is 0.681. The van der Waals surface area contributed by atoms with Crippen molar-refractivity contribution in [1.82, 2.24) is 15.1 Å². The molecule has 4 heterocycles. The number of amides is 2. The molecule has 3 aliphatic rings. The first-order valence-electron chi connectivity index (χ1n) is 11.2. The maximum absolute atomic E-state index is 13.4. The van der Waals surface area contributed by atoms with E-state index in [4.69, 9.17) is 4.74 Å². The van der Waals surface area contributed by atoms with Gasteiger partial charge in [0.05, 0.1) is 12.8 Å². The molecule has 2 amide bonds. The van der Waals surface area contributed by atoms with Gasteiger partial charge in [0, 0.05) is 45.7 Å². The van der Waals surface area contributed by atoms with E-state index >= 15 is 0 Å². The van der Waals surface area contributed by atoms with Gasteiger partial charge in [-0.2, -0.15) is 0 Å². The number of carbonyl (C=O) groups excluding carboxylic acids is 2. The molecule has 32 heavy (non-hydrogen) atoms. The molecule has 0 unspecified atom stereocenters. The van der Waals surface area contributed by atoms with Crippen LogP contribution in [0.1, 0.15) is 25.7 Å². The zero-order valence-corrected chi connectivity index (χ0v) is 19.1. The first kappa shape index (κ1) is 21.0. The molecule has 3 fully saturated rings. The minimum absolute atomic E-state index is 0.106. The van der Waals surface area contributed by atoms with E-state index in [2.05, 4.69) is 26.1 Å². The fourth-order valence-electron chi connectivity index (χ4n) is 4.81. The SMILES string of the molecule is COc1ccccc1N1CCN(C(=O)[C@@H]2CCCN2c2nnc(N3CCCC3=O)s2)CC1. The Kier molecular flexibility index (Phi) is 5.86. The molecule has 9 nitrogen and oxygen atoms in total. The molecule has 1 atom stereocenters. The number of rotatable bonds is 5. The van der Waals surface area contributed by atoms with Crippen LogP contribution in [-0.4, -0.2) is 79.3 Å². The van der Waals surface area contributed by atoms with Crippen LogP contribution in [0.25, 0.3) is 0 Å². The maximum atomic E-state index is 13.4. The largest absolute Gasteiger partial charge is 0.495 e. The summed E-state index contributed by atoms with van der Waals surface area (Å²) in [7, 11) is 1.69. The van der Waals surface area contributed by atoms with E-state index in [0.717, 1.165) is 55.5 Å². The summed E-state index contributed by atoms with van der Waals surface area (Å²) in [5, 5.41) is 9.96. The van der Waals surface area contributed by atoms with E-state index < -0.39 is 0 Å². The number of methoxy groups -OCH3 is 1. The van der Waals surface area contributed by atoms with E-state index in [-0.39, 0.29) is 17.9 Å². The molecule has 170 valence electrons. The minimum Gasteiger partial charge on any atom is -0.495 e. The van der Waals surface area contributed by atoms with Gasteiger partial charge in [-0.25, -0.2) is 0 Å². The maximum Gasteiger partial charge on any atom is 0.245 e. The van der Waals surface area contributed by atoms with Crippen molar-refractivity contribution in [2.24, 2.45) is 0 Å². The molecule has 2 aromatic rings. The number of aromatic nitrogens is 2.